The fourth-order valence-corrected chi connectivity index (χ4v) is 4.24. The van der Waals surface area contributed by atoms with Crippen LogP contribution in [0.3, 0.4) is 0 Å². The van der Waals surface area contributed by atoms with Crippen molar-refractivity contribution in [2.45, 2.75) is 52.0 Å². The molecule has 1 fully saturated rings. The van der Waals surface area contributed by atoms with Gasteiger partial charge in [0.25, 0.3) is 0 Å². The summed E-state index contributed by atoms with van der Waals surface area (Å²) in [5, 5.41) is 2.35. The lowest BCUT2D eigenvalue weighted by atomic mass is 9.96. The molecule has 2 heterocycles. The second-order valence-corrected chi connectivity index (χ2v) is 9.48. The van der Waals surface area contributed by atoms with Crippen LogP contribution in [-0.2, 0) is 32.5 Å². The van der Waals surface area contributed by atoms with Crippen LogP contribution >= 0.6 is 12.4 Å². The van der Waals surface area contributed by atoms with Crippen LogP contribution < -0.4 is 16.7 Å². The van der Waals surface area contributed by atoms with Crippen molar-refractivity contribution in [3.63, 3.8) is 0 Å². The maximum atomic E-state index is 13.0. The predicted octanol–water partition coefficient (Wildman–Crippen LogP) is 2.08. The first kappa shape index (κ1) is 28.0. The number of halogens is 1. The fraction of sp³-hybridized carbons (Fsp3) is 0.625. The number of para-hydroxylation sites is 1. The number of ether oxygens (including phenoxy) is 2. The topological polar surface area (TPSA) is 118 Å². The molecule has 3 N–H and O–H groups in total. The van der Waals surface area contributed by atoms with E-state index in [2.05, 4.69) is 19.2 Å². The highest BCUT2D eigenvalue weighted by molar-refractivity contribution is 6.00. The molecule has 0 bridgehead atoms. The molecule has 1 unspecified atom stereocenters. The van der Waals surface area contributed by atoms with Crippen molar-refractivity contribution < 1.29 is 19.1 Å². The molecule has 1 aliphatic heterocycles. The number of carbonyl (C=O) groups excluding carboxylic acids is 2. The Morgan fingerprint density at radius 3 is 2.44 bits per heavy atom. The van der Waals surface area contributed by atoms with Crippen LogP contribution in [-0.4, -0.2) is 53.9 Å². The van der Waals surface area contributed by atoms with E-state index in [0.717, 1.165) is 30.3 Å². The predicted molar refractivity (Wildman–Crippen MR) is 133 cm³/mol. The Balaban J connectivity index is 0.00000408. The third-order valence-corrected chi connectivity index (χ3v) is 5.92. The zero-order valence-electron chi connectivity index (χ0n) is 20.3. The fourth-order valence-electron chi connectivity index (χ4n) is 4.24. The standard InChI is InChI=1S/C24H36N4O5.ClH/c1-24(2,16-33-14-6-12-25)15-32-13-5-8-17-7-4-9-18-21(17)27(3)23(31)28(18)19-10-11-20(29)26-22(19)30;/h4,7,9,19H,5-6,8,10-16,25H2,1-3H3,(H,26,29,30);1H. The highest BCUT2D eigenvalue weighted by Crippen LogP contribution is 2.25. The molecule has 0 saturated carbocycles. The molecule has 190 valence electrons. The van der Waals surface area contributed by atoms with Crippen LogP contribution in [0.25, 0.3) is 11.0 Å². The van der Waals surface area contributed by atoms with E-state index in [1.165, 1.54) is 4.57 Å². The number of amides is 2. The van der Waals surface area contributed by atoms with Gasteiger partial charge in [-0.15, -0.1) is 12.4 Å². The van der Waals surface area contributed by atoms with Crippen LogP contribution in [0.5, 0.6) is 0 Å². The lowest BCUT2D eigenvalue weighted by Crippen LogP contribution is -2.44. The van der Waals surface area contributed by atoms with E-state index in [1.54, 1.807) is 11.6 Å². The third-order valence-electron chi connectivity index (χ3n) is 5.92. The number of fused-ring (bicyclic) bond motifs is 1. The van der Waals surface area contributed by atoms with E-state index >= 15 is 0 Å². The van der Waals surface area contributed by atoms with Crippen molar-refractivity contribution in [3.8, 4) is 0 Å². The lowest BCUT2D eigenvalue weighted by molar-refractivity contribution is -0.135. The molecule has 0 spiro atoms. The molecule has 9 nitrogen and oxygen atoms in total. The first-order chi connectivity index (χ1) is 15.7. The number of nitrogens with two attached hydrogens (primary N) is 1. The smallest absolute Gasteiger partial charge is 0.329 e. The number of rotatable bonds is 12. The first-order valence-electron chi connectivity index (χ1n) is 11.6. The minimum absolute atomic E-state index is 0. The maximum Gasteiger partial charge on any atom is 0.329 e. The molecular weight excluding hydrogens is 460 g/mol. The molecule has 3 rings (SSSR count). The van der Waals surface area contributed by atoms with Gasteiger partial charge in [-0.2, -0.15) is 0 Å². The number of benzene rings is 1. The molecule has 1 aromatic carbocycles. The Morgan fingerprint density at radius 2 is 1.79 bits per heavy atom. The Kier molecular flexibility index (Phi) is 10.3. The van der Waals surface area contributed by atoms with Crippen molar-refractivity contribution in [3.05, 3.63) is 34.2 Å². The van der Waals surface area contributed by atoms with Gasteiger partial charge in [0.15, 0.2) is 0 Å². The monoisotopic (exact) mass is 496 g/mol. The van der Waals surface area contributed by atoms with Crippen molar-refractivity contribution in [1.82, 2.24) is 14.5 Å². The number of imidazole rings is 1. The highest BCUT2D eigenvalue weighted by atomic mass is 35.5. The van der Waals surface area contributed by atoms with Crippen LogP contribution in [0.4, 0.5) is 0 Å². The summed E-state index contributed by atoms with van der Waals surface area (Å²) in [7, 11) is 1.72. The number of hydrogen-bond acceptors (Lipinski definition) is 6. The Hall–Kier alpha value is -2.20. The summed E-state index contributed by atoms with van der Waals surface area (Å²) in [6.45, 7) is 7.36. The minimum Gasteiger partial charge on any atom is -0.381 e. The van der Waals surface area contributed by atoms with Gasteiger partial charge < -0.3 is 15.2 Å². The van der Waals surface area contributed by atoms with Crippen LogP contribution in [0, 0.1) is 5.41 Å². The normalized spacial score (nSPS) is 16.5. The quantitative estimate of drug-likeness (QED) is 0.343. The molecule has 34 heavy (non-hydrogen) atoms. The largest absolute Gasteiger partial charge is 0.381 e. The number of nitrogens with one attached hydrogen (secondary N) is 1. The van der Waals surface area contributed by atoms with Crippen LogP contribution in [0.15, 0.2) is 23.0 Å². The number of imide groups is 1. The van der Waals surface area contributed by atoms with E-state index in [9.17, 15) is 14.4 Å². The molecule has 10 heteroatoms. The number of nitrogens with zero attached hydrogens (tertiary/aromatic N) is 2. The summed E-state index contributed by atoms with van der Waals surface area (Å²) in [4.78, 5) is 36.9. The number of aryl methyl sites for hydroxylation is 2. The van der Waals surface area contributed by atoms with Gasteiger partial charge in [-0.1, -0.05) is 26.0 Å². The van der Waals surface area contributed by atoms with Crippen molar-refractivity contribution in [2.24, 2.45) is 18.2 Å². The summed E-state index contributed by atoms with van der Waals surface area (Å²) in [6, 6.07) is 5.09. The number of aromatic nitrogens is 2. The average molecular weight is 497 g/mol. The SMILES string of the molecule is Cl.Cn1c(=O)n(C2CCC(=O)NC2=O)c2cccc(CCCOCC(C)(C)COCCCN)c21. The summed E-state index contributed by atoms with van der Waals surface area (Å²) >= 11 is 0. The van der Waals surface area contributed by atoms with Gasteiger partial charge in [0.1, 0.15) is 6.04 Å². The van der Waals surface area contributed by atoms with Crippen molar-refractivity contribution >= 4 is 35.3 Å². The van der Waals surface area contributed by atoms with Gasteiger partial charge in [0, 0.05) is 32.1 Å². The second-order valence-electron chi connectivity index (χ2n) is 9.48. The first-order valence-corrected chi connectivity index (χ1v) is 11.6. The van der Waals surface area contributed by atoms with E-state index in [4.69, 9.17) is 15.2 Å². The molecule has 1 aromatic heterocycles. The second kappa shape index (κ2) is 12.5. The van der Waals surface area contributed by atoms with E-state index in [0.29, 0.717) is 44.9 Å². The zero-order valence-corrected chi connectivity index (χ0v) is 21.1. The molecule has 1 saturated heterocycles. The van der Waals surface area contributed by atoms with Crippen LogP contribution in [0.2, 0.25) is 0 Å². The number of piperidine rings is 1. The molecule has 2 aromatic rings. The lowest BCUT2D eigenvalue weighted by Gasteiger charge is -2.24. The number of hydrogen-bond donors (Lipinski definition) is 2. The third kappa shape index (κ3) is 6.69. The van der Waals surface area contributed by atoms with Crippen molar-refractivity contribution in [1.29, 1.82) is 0 Å². The summed E-state index contributed by atoms with van der Waals surface area (Å²) < 4.78 is 14.7. The molecule has 1 aliphatic rings. The van der Waals surface area contributed by atoms with Crippen LogP contribution in [0.1, 0.15) is 51.1 Å². The van der Waals surface area contributed by atoms with Gasteiger partial charge >= 0.3 is 5.69 Å². The highest BCUT2D eigenvalue weighted by Gasteiger charge is 2.31. The average Bonchev–Trinajstić information content (AvgIpc) is 3.02. The van der Waals surface area contributed by atoms with E-state index in [-0.39, 0.29) is 35.8 Å². The Bertz CT molecular complexity index is 1050. The minimum atomic E-state index is -0.674. The summed E-state index contributed by atoms with van der Waals surface area (Å²) in [6.07, 6.45) is 2.97. The van der Waals surface area contributed by atoms with Gasteiger partial charge in [-0.05, 0) is 43.9 Å². The molecule has 2 amide bonds. The maximum absolute atomic E-state index is 13.0. The van der Waals surface area contributed by atoms with Gasteiger partial charge in [0.05, 0.1) is 24.2 Å². The molecular formula is C24H37ClN4O5. The Morgan fingerprint density at radius 1 is 1.12 bits per heavy atom. The van der Waals surface area contributed by atoms with Gasteiger partial charge in [-0.3, -0.25) is 24.0 Å². The van der Waals surface area contributed by atoms with Crippen molar-refractivity contribution in [2.75, 3.05) is 33.0 Å². The van der Waals surface area contributed by atoms with E-state index < -0.39 is 11.9 Å². The summed E-state index contributed by atoms with van der Waals surface area (Å²) in [5.74, 6) is -0.718. The van der Waals surface area contributed by atoms with E-state index in [1.807, 2.05) is 18.2 Å². The molecule has 1 atom stereocenters. The van der Waals surface area contributed by atoms with Gasteiger partial charge in [-0.25, -0.2) is 4.79 Å². The summed E-state index contributed by atoms with van der Waals surface area (Å²) in [5.41, 5.74) is 7.73. The Labute approximate surface area is 206 Å². The molecule has 0 aliphatic carbocycles. The zero-order chi connectivity index (χ0) is 24.0. The number of carbonyl (C=O) groups is 2. The van der Waals surface area contributed by atoms with Gasteiger partial charge in [0.2, 0.25) is 11.8 Å². The molecule has 0 radical (unpaired) electrons.